The molecule has 4 fully saturated rings. The van der Waals surface area contributed by atoms with Crippen LogP contribution >= 0.6 is 0 Å². The predicted octanol–water partition coefficient (Wildman–Crippen LogP) is 1.55. The van der Waals surface area contributed by atoms with Gasteiger partial charge in [-0.15, -0.1) is 0 Å². The molecule has 152 valence electrons. The van der Waals surface area contributed by atoms with E-state index in [9.17, 15) is 9.90 Å². The van der Waals surface area contributed by atoms with Crippen LogP contribution < -0.4 is 14.8 Å². The lowest BCUT2D eigenvalue weighted by Crippen LogP contribution is -2.83. The molecule has 3 spiro atoms. The Morgan fingerprint density at radius 2 is 2.21 bits per heavy atom. The molecular weight excluding hydrogens is 372 g/mol. The van der Waals surface area contributed by atoms with Gasteiger partial charge in [0, 0.05) is 23.4 Å². The summed E-state index contributed by atoms with van der Waals surface area (Å²) >= 11 is 0. The lowest BCUT2D eigenvalue weighted by atomic mass is 9.38. The van der Waals surface area contributed by atoms with Crippen LogP contribution in [0.3, 0.4) is 0 Å². The number of rotatable bonds is 1. The molecule has 7 aliphatic rings. The highest BCUT2D eigenvalue weighted by Crippen LogP contribution is 2.75. The second-order valence-electron chi connectivity index (χ2n) is 9.54. The second kappa shape index (κ2) is 4.73. The van der Waals surface area contributed by atoms with Crippen molar-refractivity contribution < 1.29 is 24.1 Å². The van der Waals surface area contributed by atoms with Crippen LogP contribution in [0.2, 0.25) is 0 Å². The third-order valence-corrected chi connectivity index (χ3v) is 8.86. The fourth-order valence-corrected chi connectivity index (χ4v) is 8.11. The number of benzene rings is 1. The minimum atomic E-state index is -1.61. The molecule has 0 radical (unpaired) electrons. The summed E-state index contributed by atoms with van der Waals surface area (Å²) in [6.07, 6.45) is 7.41. The van der Waals surface area contributed by atoms with Crippen molar-refractivity contribution in [2.75, 3.05) is 32.3 Å². The standard InChI is InChI=1S/C22H24N2O5/c1-27-18(25)21(26)11-19-5-2-9-24-10-8-20(17(19)24)13-3-4-14-16(29-12-28-14)15(13)23-22(20,21)7-6-19/h2-5,17,23,26H,6-12H2,1H3/t17-,19-,20+,21+,22+/m0/s1. The van der Waals surface area contributed by atoms with Crippen LogP contribution in [-0.4, -0.2) is 60.1 Å². The average Bonchev–Trinajstić information content (AvgIpc) is 3.43. The Hall–Kier alpha value is -2.25. The molecule has 3 saturated carbocycles. The van der Waals surface area contributed by atoms with E-state index < -0.39 is 17.1 Å². The topological polar surface area (TPSA) is 80.3 Å². The zero-order valence-corrected chi connectivity index (χ0v) is 16.4. The van der Waals surface area contributed by atoms with Crippen molar-refractivity contribution >= 4 is 11.7 Å². The summed E-state index contributed by atoms with van der Waals surface area (Å²) in [6.45, 7) is 2.06. The third kappa shape index (κ3) is 1.46. The molecule has 1 saturated heterocycles. The van der Waals surface area contributed by atoms with Gasteiger partial charge in [0.2, 0.25) is 6.79 Å². The molecule has 1 aromatic carbocycles. The summed E-state index contributed by atoms with van der Waals surface area (Å²) < 4.78 is 16.6. The fraction of sp³-hybridized carbons (Fsp3) is 0.591. The maximum Gasteiger partial charge on any atom is 0.340 e. The molecule has 2 bridgehead atoms. The first-order valence-corrected chi connectivity index (χ1v) is 10.5. The Morgan fingerprint density at radius 1 is 1.31 bits per heavy atom. The zero-order chi connectivity index (χ0) is 19.6. The molecule has 4 heterocycles. The average molecular weight is 396 g/mol. The number of methoxy groups -OCH3 is 1. The third-order valence-electron chi connectivity index (χ3n) is 8.86. The van der Waals surface area contributed by atoms with Gasteiger partial charge in [0.1, 0.15) is 0 Å². The summed E-state index contributed by atoms with van der Waals surface area (Å²) in [5.74, 6) is 0.878. The summed E-state index contributed by atoms with van der Waals surface area (Å²) in [5, 5.41) is 15.8. The summed E-state index contributed by atoms with van der Waals surface area (Å²) in [5.41, 5.74) is -1.01. The number of nitrogens with zero attached hydrogens (tertiary/aromatic N) is 1. The maximum atomic E-state index is 13.1. The van der Waals surface area contributed by atoms with E-state index in [2.05, 4.69) is 28.4 Å². The van der Waals surface area contributed by atoms with Crippen molar-refractivity contribution in [3.05, 3.63) is 29.8 Å². The molecule has 29 heavy (non-hydrogen) atoms. The molecule has 3 aliphatic carbocycles. The molecule has 0 amide bonds. The van der Waals surface area contributed by atoms with E-state index in [0.717, 1.165) is 37.2 Å². The highest BCUT2D eigenvalue weighted by molar-refractivity contribution is 5.89. The number of anilines is 1. The number of esters is 1. The van der Waals surface area contributed by atoms with Gasteiger partial charge in [-0.3, -0.25) is 4.90 Å². The first kappa shape index (κ1) is 16.5. The zero-order valence-electron chi connectivity index (χ0n) is 16.4. The highest BCUT2D eigenvalue weighted by atomic mass is 16.7. The Balaban J connectivity index is 1.57. The molecule has 2 N–H and O–H groups in total. The largest absolute Gasteiger partial charge is 0.467 e. The number of hydrogen-bond donors (Lipinski definition) is 2. The van der Waals surface area contributed by atoms with Crippen LogP contribution in [0.15, 0.2) is 24.3 Å². The molecule has 1 aromatic rings. The number of fused-ring (bicyclic) bond motifs is 5. The molecule has 0 aromatic heterocycles. The number of carbonyl (C=O) groups excluding carboxylic acids is 1. The molecule has 4 aliphatic heterocycles. The van der Waals surface area contributed by atoms with Gasteiger partial charge in [0.25, 0.3) is 0 Å². The number of aliphatic hydroxyl groups is 1. The maximum absolute atomic E-state index is 13.1. The Kier molecular flexibility index (Phi) is 2.70. The normalized spacial score (nSPS) is 44.8. The smallest absolute Gasteiger partial charge is 0.340 e. The van der Waals surface area contributed by atoms with E-state index in [4.69, 9.17) is 14.2 Å². The van der Waals surface area contributed by atoms with Gasteiger partial charge >= 0.3 is 5.97 Å². The highest BCUT2D eigenvalue weighted by Gasteiger charge is 2.84. The molecule has 7 heteroatoms. The van der Waals surface area contributed by atoms with Gasteiger partial charge in [-0.05, 0) is 43.9 Å². The van der Waals surface area contributed by atoms with Crippen LogP contribution in [-0.2, 0) is 14.9 Å². The molecule has 7 nitrogen and oxygen atoms in total. The Labute approximate surface area is 168 Å². The first-order chi connectivity index (χ1) is 14.0. The number of nitrogens with one attached hydrogen (secondary N) is 1. The summed E-state index contributed by atoms with van der Waals surface area (Å²) in [7, 11) is 1.37. The van der Waals surface area contributed by atoms with Crippen LogP contribution in [0, 0.1) is 5.41 Å². The number of ether oxygens (including phenoxy) is 3. The lowest BCUT2D eigenvalue weighted by Gasteiger charge is -2.69. The van der Waals surface area contributed by atoms with Crippen molar-refractivity contribution in [3.8, 4) is 11.5 Å². The molecular formula is C22H24N2O5. The van der Waals surface area contributed by atoms with E-state index in [0.29, 0.717) is 24.3 Å². The van der Waals surface area contributed by atoms with Crippen molar-refractivity contribution in [1.29, 1.82) is 0 Å². The van der Waals surface area contributed by atoms with Crippen LogP contribution in [0.4, 0.5) is 5.69 Å². The Morgan fingerprint density at radius 3 is 3.07 bits per heavy atom. The van der Waals surface area contributed by atoms with E-state index >= 15 is 0 Å². The first-order valence-electron chi connectivity index (χ1n) is 10.5. The van der Waals surface area contributed by atoms with Gasteiger partial charge in [-0.25, -0.2) is 4.79 Å². The van der Waals surface area contributed by atoms with E-state index in [-0.39, 0.29) is 23.7 Å². The van der Waals surface area contributed by atoms with E-state index in [1.165, 1.54) is 7.11 Å². The summed E-state index contributed by atoms with van der Waals surface area (Å²) in [6, 6.07) is 4.34. The second-order valence-corrected chi connectivity index (χ2v) is 9.54. The number of hydrogen-bond acceptors (Lipinski definition) is 7. The SMILES string of the molecule is COC(=O)[C@]1(O)C[C@]23C=CCN4CC[C@@]5(c6ccc7c(c6N[C@@]15CC2)OCO7)[C@@H]43. The summed E-state index contributed by atoms with van der Waals surface area (Å²) in [4.78, 5) is 15.7. The van der Waals surface area contributed by atoms with Crippen LogP contribution in [0.25, 0.3) is 0 Å². The minimum absolute atomic E-state index is 0.191. The van der Waals surface area contributed by atoms with Gasteiger partial charge in [0.05, 0.1) is 18.3 Å². The predicted molar refractivity (Wildman–Crippen MR) is 103 cm³/mol. The van der Waals surface area contributed by atoms with E-state index in [1.807, 2.05) is 6.07 Å². The molecule has 5 atom stereocenters. The quantitative estimate of drug-likeness (QED) is 0.551. The monoisotopic (exact) mass is 396 g/mol. The van der Waals surface area contributed by atoms with Crippen molar-refractivity contribution in [3.63, 3.8) is 0 Å². The van der Waals surface area contributed by atoms with Crippen molar-refractivity contribution in [2.45, 2.75) is 48.3 Å². The van der Waals surface area contributed by atoms with Crippen molar-refractivity contribution in [1.82, 2.24) is 4.90 Å². The van der Waals surface area contributed by atoms with E-state index in [1.54, 1.807) is 0 Å². The van der Waals surface area contributed by atoms with Crippen LogP contribution in [0.5, 0.6) is 11.5 Å². The van der Waals surface area contributed by atoms with Gasteiger partial charge < -0.3 is 24.6 Å². The molecule has 8 rings (SSSR count). The van der Waals surface area contributed by atoms with Crippen LogP contribution in [0.1, 0.15) is 31.2 Å². The lowest BCUT2D eigenvalue weighted by molar-refractivity contribution is -0.209. The van der Waals surface area contributed by atoms with Gasteiger partial charge in [-0.2, -0.15) is 0 Å². The van der Waals surface area contributed by atoms with Gasteiger partial charge in [-0.1, -0.05) is 18.2 Å². The fourth-order valence-electron chi connectivity index (χ4n) is 8.11. The van der Waals surface area contributed by atoms with Gasteiger partial charge in [0.15, 0.2) is 17.1 Å². The Bertz CT molecular complexity index is 1010. The van der Waals surface area contributed by atoms with Crippen molar-refractivity contribution in [2.24, 2.45) is 5.41 Å². The minimum Gasteiger partial charge on any atom is -0.467 e. The molecule has 0 unspecified atom stereocenters. The number of carbonyl (C=O) groups is 1.